The maximum Gasteiger partial charge on any atom is 0.305 e. The number of methoxy groups -OCH3 is 3. The molecule has 2 aromatic rings. The first-order chi connectivity index (χ1) is 16.1. The van der Waals surface area contributed by atoms with Gasteiger partial charge in [0.2, 0.25) is 0 Å². The highest BCUT2D eigenvalue weighted by Crippen LogP contribution is 2.49. The van der Waals surface area contributed by atoms with Gasteiger partial charge in [-0.3, -0.25) is 9.59 Å². The molecule has 1 aliphatic rings. The van der Waals surface area contributed by atoms with E-state index in [2.05, 4.69) is 17.4 Å². The van der Waals surface area contributed by atoms with Crippen LogP contribution in [-0.4, -0.2) is 45.7 Å². The lowest BCUT2D eigenvalue weighted by molar-refractivity contribution is -0.140. The Labute approximate surface area is 196 Å². The highest BCUT2D eigenvalue weighted by molar-refractivity contribution is 6.01. The van der Waals surface area contributed by atoms with Gasteiger partial charge in [0.1, 0.15) is 11.5 Å². The molecule has 1 N–H and O–H groups in total. The van der Waals surface area contributed by atoms with E-state index in [1.54, 1.807) is 14.2 Å². The zero-order valence-electron chi connectivity index (χ0n) is 19.9. The van der Waals surface area contributed by atoms with E-state index in [9.17, 15) is 9.59 Å². The van der Waals surface area contributed by atoms with E-state index in [4.69, 9.17) is 14.2 Å². The second-order valence-electron chi connectivity index (χ2n) is 8.50. The number of ether oxygens (including phenoxy) is 3. The van der Waals surface area contributed by atoms with Crippen molar-refractivity contribution in [1.29, 1.82) is 0 Å². The van der Waals surface area contributed by atoms with Crippen LogP contribution in [0.25, 0.3) is 0 Å². The molecule has 1 saturated carbocycles. The van der Waals surface area contributed by atoms with Crippen LogP contribution in [0.5, 0.6) is 11.5 Å². The fourth-order valence-corrected chi connectivity index (χ4v) is 4.11. The van der Waals surface area contributed by atoms with E-state index < -0.39 is 0 Å². The predicted molar refractivity (Wildman–Crippen MR) is 128 cm³/mol. The van der Waals surface area contributed by atoms with Crippen molar-refractivity contribution < 1.29 is 23.8 Å². The summed E-state index contributed by atoms with van der Waals surface area (Å²) in [5.74, 6) is 1.71. The van der Waals surface area contributed by atoms with Crippen molar-refractivity contribution in [2.75, 3.05) is 27.9 Å². The Balaban J connectivity index is 1.73. The number of aryl methyl sites for hydroxylation is 1. The van der Waals surface area contributed by atoms with Gasteiger partial charge in [-0.1, -0.05) is 30.3 Å². The monoisotopic (exact) mass is 453 g/mol. The Morgan fingerprint density at radius 1 is 1.00 bits per heavy atom. The number of hydrogen-bond donors (Lipinski definition) is 1. The Kier molecular flexibility index (Phi) is 9.31. The molecule has 0 saturated heterocycles. The summed E-state index contributed by atoms with van der Waals surface area (Å²) < 4.78 is 16.0. The van der Waals surface area contributed by atoms with Gasteiger partial charge in [-0.15, -0.1) is 0 Å². The second kappa shape index (κ2) is 12.4. The van der Waals surface area contributed by atoms with Crippen LogP contribution in [0, 0.1) is 0 Å². The second-order valence-corrected chi connectivity index (χ2v) is 8.50. The Morgan fingerprint density at radius 3 is 2.24 bits per heavy atom. The molecule has 0 radical (unpaired) electrons. The van der Waals surface area contributed by atoms with Crippen molar-refractivity contribution in [3.8, 4) is 11.5 Å². The van der Waals surface area contributed by atoms with Crippen LogP contribution < -0.4 is 14.8 Å². The SMILES string of the molecule is COC(=O)CCCCNC(CCc1ccccc1)C(=O)c1cc(OC)c(C2CC2)c(OC)c1. The lowest BCUT2D eigenvalue weighted by Crippen LogP contribution is -2.38. The number of ketones is 1. The summed E-state index contributed by atoms with van der Waals surface area (Å²) in [6.07, 6.45) is 5.60. The molecule has 3 rings (SSSR count). The summed E-state index contributed by atoms with van der Waals surface area (Å²) in [5, 5.41) is 3.42. The van der Waals surface area contributed by atoms with Crippen LogP contribution in [0.1, 0.15) is 65.9 Å². The summed E-state index contributed by atoms with van der Waals surface area (Å²) in [5.41, 5.74) is 2.85. The zero-order valence-corrected chi connectivity index (χ0v) is 19.9. The van der Waals surface area contributed by atoms with E-state index in [1.807, 2.05) is 30.3 Å². The molecule has 0 bridgehead atoms. The third-order valence-electron chi connectivity index (χ3n) is 6.12. The molecule has 1 atom stereocenters. The number of Topliss-reactive ketones (excluding diaryl/α,β-unsaturated/α-hetero) is 1. The minimum Gasteiger partial charge on any atom is -0.496 e. The summed E-state index contributed by atoms with van der Waals surface area (Å²) in [6.45, 7) is 0.649. The normalized spacial score (nSPS) is 13.9. The van der Waals surface area contributed by atoms with Gasteiger partial charge in [-0.05, 0) is 68.7 Å². The van der Waals surface area contributed by atoms with Crippen molar-refractivity contribution in [3.63, 3.8) is 0 Å². The van der Waals surface area contributed by atoms with Gasteiger partial charge in [0.25, 0.3) is 0 Å². The Hall–Kier alpha value is -2.86. The van der Waals surface area contributed by atoms with E-state index in [0.717, 1.165) is 49.2 Å². The Morgan fingerprint density at radius 2 is 1.67 bits per heavy atom. The predicted octanol–water partition coefficient (Wildman–Crippen LogP) is 4.70. The fourth-order valence-electron chi connectivity index (χ4n) is 4.11. The first-order valence-electron chi connectivity index (χ1n) is 11.7. The summed E-state index contributed by atoms with van der Waals surface area (Å²) >= 11 is 0. The summed E-state index contributed by atoms with van der Waals surface area (Å²) in [4.78, 5) is 24.9. The minimum absolute atomic E-state index is 0.0258. The van der Waals surface area contributed by atoms with Crippen molar-refractivity contribution in [2.24, 2.45) is 0 Å². The molecular weight excluding hydrogens is 418 g/mol. The molecule has 1 aliphatic carbocycles. The fraction of sp³-hybridized carbons (Fsp3) is 0.481. The summed E-state index contributed by atoms with van der Waals surface area (Å²) in [6, 6.07) is 13.5. The van der Waals surface area contributed by atoms with Gasteiger partial charge >= 0.3 is 5.97 Å². The van der Waals surface area contributed by atoms with Crippen LogP contribution >= 0.6 is 0 Å². The van der Waals surface area contributed by atoms with Crippen molar-refractivity contribution in [3.05, 3.63) is 59.2 Å². The Bertz CT molecular complexity index is 898. The maximum atomic E-state index is 13.6. The first-order valence-corrected chi connectivity index (χ1v) is 11.7. The molecule has 1 unspecified atom stereocenters. The molecule has 178 valence electrons. The number of rotatable bonds is 14. The number of hydrogen-bond acceptors (Lipinski definition) is 6. The number of benzene rings is 2. The van der Waals surface area contributed by atoms with E-state index >= 15 is 0 Å². The van der Waals surface area contributed by atoms with Crippen LogP contribution in [0.2, 0.25) is 0 Å². The highest BCUT2D eigenvalue weighted by atomic mass is 16.5. The average Bonchev–Trinajstić information content (AvgIpc) is 3.70. The smallest absolute Gasteiger partial charge is 0.305 e. The van der Waals surface area contributed by atoms with Gasteiger partial charge in [0.15, 0.2) is 5.78 Å². The lowest BCUT2D eigenvalue weighted by atomic mass is 9.95. The van der Waals surface area contributed by atoms with Crippen molar-refractivity contribution >= 4 is 11.8 Å². The zero-order chi connectivity index (χ0) is 23.6. The summed E-state index contributed by atoms with van der Waals surface area (Å²) in [7, 11) is 4.68. The van der Waals surface area contributed by atoms with Gasteiger partial charge in [-0.25, -0.2) is 0 Å². The van der Waals surface area contributed by atoms with Crippen molar-refractivity contribution in [2.45, 2.75) is 56.9 Å². The maximum absolute atomic E-state index is 13.6. The minimum atomic E-state index is -0.343. The van der Waals surface area contributed by atoms with Crippen LogP contribution in [-0.2, 0) is 16.0 Å². The number of esters is 1. The standard InChI is InChI=1S/C27H35NO5/c1-31-23-17-21(18-24(32-2)26(23)20-13-14-20)27(30)22(15-12-19-9-5-4-6-10-19)28-16-8-7-11-25(29)33-3/h4-6,9-10,17-18,20,22,28H,7-8,11-16H2,1-3H3. The lowest BCUT2D eigenvalue weighted by Gasteiger charge is -2.20. The average molecular weight is 454 g/mol. The molecule has 0 aromatic heterocycles. The number of carbonyl (C=O) groups is 2. The number of unbranched alkanes of at least 4 members (excludes halogenated alkanes) is 1. The largest absolute Gasteiger partial charge is 0.496 e. The number of nitrogens with one attached hydrogen (secondary N) is 1. The molecule has 33 heavy (non-hydrogen) atoms. The van der Waals surface area contributed by atoms with Crippen LogP contribution in [0.4, 0.5) is 0 Å². The van der Waals surface area contributed by atoms with Gasteiger partial charge in [0.05, 0.1) is 27.4 Å². The van der Waals surface area contributed by atoms with Crippen LogP contribution in [0.3, 0.4) is 0 Å². The molecule has 6 heteroatoms. The molecular formula is C27H35NO5. The van der Waals surface area contributed by atoms with E-state index in [1.165, 1.54) is 12.7 Å². The highest BCUT2D eigenvalue weighted by Gasteiger charge is 2.32. The molecule has 0 spiro atoms. The molecule has 0 heterocycles. The van der Waals surface area contributed by atoms with Crippen molar-refractivity contribution in [1.82, 2.24) is 5.32 Å². The first kappa shape index (κ1) is 24.8. The van der Waals surface area contributed by atoms with Gasteiger partial charge in [-0.2, -0.15) is 0 Å². The van der Waals surface area contributed by atoms with E-state index in [0.29, 0.717) is 30.9 Å². The third kappa shape index (κ3) is 7.06. The quantitative estimate of drug-likeness (QED) is 0.254. The topological polar surface area (TPSA) is 73.9 Å². The van der Waals surface area contributed by atoms with Gasteiger partial charge < -0.3 is 19.5 Å². The number of carbonyl (C=O) groups excluding carboxylic acids is 2. The van der Waals surface area contributed by atoms with Gasteiger partial charge in [0, 0.05) is 17.5 Å². The molecule has 2 aromatic carbocycles. The van der Waals surface area contributed by atoms with Crippen LogP contribution in [0.15, 0.2) is 42.5 Å². The molecule has 0 aliphatic heterocycles. The molecule has 1 fully saturated rings. The third-order valence-corrected chi connectivity index (χ3v) is 6.12. The molecule has 0 amide bonds. The van der Waals surface area contributed by atoms with E-state index in [-0.39, 0.29) is 17.8 Å². The molecule has 6 nitrogen and oxygen atoms in total.